The number of halogens is 2. The molecule has 1 aromatic heterocycles. The normalized spacial score (nSPS) is 16.4. The number of hydrogen-bond acceptors (Lipinski definition) is 4. The number of hydrogen-bond donors (Lipinski definition) is 2. The van der Waals surface area contributed by atoms with Crippen molar-refractivity contribution in [1.82, 2.24) is 15.2 Å². The average molecular weight is 462 g/mol. The van der Waals surface area contributed by atoms with Crippen LogP contribution in [0.4, 0.5) is 5.95 Å². The van der Waals surface area contributed by atoms with Crippen LogP contribution in [-0.4, -0.2) is 34.8 Å². The van der Waals surface area contributed by atoms with Gasteiger partial charge in [0.25, 0.3) is 0 Å². The van der Waals surface area contributed by atoms with Crippen LogP contribution in [0, 0.1) is 9.49 Å². The topological polar surface area (TPSA) is 70.8 Å². The van der Waals surface area contributed by atoms with Gasteiger partial charge in [-0.05, 0) is 66.1 Å². The molecule has 1 aliphatic heterocycles. The SMILES string of the molecule is NCC1CCN(c2n[nH]c(-c3cc(I)ccc3Br)n2)CC1. The molecule has 3 N–H and O–H groups in total. The van der Waals surface area contributed by atoms with Gasteiger partial charge in [-0.3, -0.25) is 5.10 Å². The standard InChI is InChI=1S/C14H17BrIN5/c15-12-2-1-10(16)7-11(12)13-18-14(20-19-13)21-5-3-9(8-17)4-6-21/h1-2,7,9H,3-6,8,17H2,(H,18,19,20). The highest BCUT2D eigenvalue weighted by atomic mass is 127. The maximum atomic E-state index is 5.74. The van der Waals surface area contributed by atoms with Crippen LogP contribution in [0.2, 0.25) is 0 Å². The Kier molecular flexibility index (Phi) is 4.80. The number of nitrogens with zero attached hydrogens (tertiary/aromatic N) is 3. The Morgan fingerprint density at radius 2 is 2.14 bits per heavy atom. The lowest BCUT2D eigenvalue weighted by Gasteiger charge is -2.30. The van der Waals surface area contributed by atoms with E-state index in [9.17, 15) is 0 Å². The van der Waals surface area contributed by atoms with E-state index in [1.807, 2.05) is 6.07 Å². The number of piperidine rings is 1. The van der Waals surface area contributed by atoms with Gasteiger partial charge in [-0.1, -0.05) is 15.9 Å². The second kappa shape index (κ2) is 6.62. The first-order chi connectivity index (χ1) is 10.2. The van der Waals surface area contributed by atoms with Crippen LogP contribution in [0.3, 0.4) is 0 Å². The van der Waals surface area contributed by atoms with Crippen LogP contribution in [-0.2, 0) is 0 Å². The van der Waals surface area contributed by atoms with Gasteiger partial charge in [0.05, 0.1) is 0 Å². The molecule has 0 unspecified atom stereocenters. The van der Waals surface area contributed by atoms with Crippen LogP contribution >= 0.6 is 38.5 Å². The summed E-state index contributed by atoms with van der Waals surface area (Å²) < 4.78 is 2.19. The highest BCUT2D eigenvalue weighted by Crippen LogP contribution is 2.29. The van der Waals surface area contributed by atoms with Gasteiger partial charge in [0.1, 0.15) is 0 Å². The monoisotopic (exact) mass is 461 g/mol. The van der Waals surface area contributed by atoms with Crippen LogP contribution in [0.15, 0.2) is 22.7 Å². The summed E-state index contributed by atoms with van der Waals surface area (Å²) >= 11 is 5.87. The van der Waals surface area contributed by atoms with E-state index < -0.39 is 0 Å². The van der Waals surface area contributed by atoms with Gasteiger partial charge in [0.15, 0.2) is 5.82 Å². The summed E-state index contributed by atoms with van der Waals surface area (Å²) in [5, 5.41) is 7.42. The lowest BCUT2D eigenvalue weighted by Crippen LogP contribution is -2.36. The van der Waals surface area contributed by atoms with Gasteiger partial charge in [-0.2, -0.15) is 4.98 Å². The molecule has 21 heavy (non-hydrogen) atoms. The summed E-state index contributed by atoms with van der Waals surface area (Å²) in [4.78, 5) is 6.88. The number of rotatable bonds is 3. The van der Waals surface area contributed by atoms with Crippen molar-refractivity contribution in [3.05, 3.63) is 26.2 Å². The van der Waals surface area contributed by atoms with E-state index in [-0.39, 0.29) is 0 Å². The zero-order chi connectivity index (χ0) is 14.8. The number of anilines is 1. The molecule has 0 atom stereocenters. The molecule has 7 heteroatoms. The quantitative estimate of drug-likeness (QED) is 0.689. The van der Waals surface area contributed by atoms with Gasteiger partial charge < -0.3 is 10.6 Å². The van der Waals surface area contributed by atoms with Crippen LogP contribution in [0.25, 0.3) is 11.4 Å². The molecule has 0 aliphatic carbocycles. The molecule has 1 fully saturated rings. The highest BCUT2D eigenvalue weighted by molar-refractivity contribution is 14.1. The summed E-state index contributed by atoms with van der Waals surface area (Å²) in [6.45, 7) is 2.74. The van der Waals surface area contributed by atoms with Crippen LogP contribution in [0.5, 0.6) is 0 Å². The Hall–Kier alpha value is -0.670. The third-order valence-electron chi connectivity index (χ3n) is 3.89. The zero-order valence-electron chi connectivity index (χ0n) is 11.5. The fourth-order valence-corrected chi connectivity index (χ4v) is 3.49. The number of benzene rings is 1. The highest BCUT2D eigenvalue weighted by Gasteiger charge is 2.21. The molecular weight excluding hydrogens is 445 g/mol. The fourth-order valence-electron chi connectivity index (χ4n) is 2.56. The van der Waals surface area contributed by atoms with Crippen LogP contribution in [0.1, 0.15) is 12.8 Å². The first kappa shape index (κ1) is 15.2. The van der Waals surface area contributed by atoms with Gasteiger partial charge >= 0.3 is 0 Å². The van der Waals surface area contributed by atoms with E-state index in [0.717, 1.165) is 54.3 Å². The van der Waals surface area contributed by atoms with Crippen molar-refractivity contribution in [3.8, 4) is 11.4 Å². The van der Waals surface area contributed by atoms with Crippen molar-refractivity contribution in [2.45, 2.75) is 12.8 Å². The van der Waals surface area contributed by atoms with E-state index in [1.165, 1.54) is 3.57 Å². The van der Waals surface area contributed by atoms with Crippen molar-refractivity contribution in [2.24, 2.45) is 11.7 Å². The minimum atomic E-state index is 0.643. The molecule has 1 aromatic carbocycles. The van der Waals surface area contributed by atoms with Crippen molar-refractivity contribution in [3.63, 3.8) is 0 Å². The Labute approximate surface area is 146 Å². The smallest absolute Gasteiger partial charge is 0.245 e. The van der Waals surface area contributed by atoms with E-state index in [1.54, 1.807) is 0 Å². The third kappa shape index (κ3) is 3.40. The third-order valence-corrected chi connectivity index (χ3v) is 5.25. The zero-order valence-corrected chi connectivity index (χ0v) is 15.3. The number of H-pyrrole nitrogens is 1. The summed E-state index contributed by atoms with van der Waals surface area (Å²) in [5.74, 6) is 2.23. The predicted molar refractivity (Wildman–Crippen MR) is 96.2 cm³/mol. The molecule has 0 saturated carbocycles. The fraction of sp³-hybridized carbons (Fsp3) is 0.429. The maximum absolute atomic E-state index is 5.74. The molecular formula is C14H17BrIN5. The Bertz CT molecular complexity index is 622. The van der Waals surface area contributed by atoms with Crippen LogP contribution < -0.4 is 10.6 Å². The summed E-state index contributed by atoms with van der Waals surface area (Å²) in [5.41, 5.74) is 6.78. The van der Waals surface area contributed by atoms with E-state index in [4.69, 9.17) is 5.73 Å². The molecule has 0 spiro atoms. The van der Waals surface area contributed by atoms with Crippen molar-refractivity contribution in [1.29, 1.82) is 0 Å². The average Bonchev–Trinajstić information content (AvgIpc) is 2.99. The molecule has 1 aliphatic rings. The minimum Gasteiger partial charge on any atom is -0.340 e. The molecule has 112 valence electrons. The molecule has 1 saturated heterocycles. The van der Waals surface area contributed by atoms with E-state index >= 15 is 0 Å². The Balaban J connectivity index is 1.79. The van der Waals surface area contributed by atoms with E-state index in [2.05, 4.69) is 70.7 Å². The molecule has 0 radical (unpaired) electrons. The molecule has 3 rings (SSSR count). The predicted octanol–water partition coefficient (Wildman–Crippen LogP) is 3.01. The summed E-state index contributed by atoms with van der Waals surface area (Å²) in [7, 11) is 0. The lowest BCUT2D eigenvalue weighted by atomic mass is 9.97. The Morgan fingerprint density at radius 1 is 1.38 bits per heavy atom. The van der Waals surface area contributed by atoms with E-state index in [0.29, 0.717) is 5.92 Å². The minimum absolute atomic E-state index is 0.643. The number of aromatic nitrogens is 3. The second-order valence-electron chi connectivity index (χ2n) is 5.27. The molecule has 2 heterocycles. The van der Waals surface area contributed by atoms with Crippen molar-refractivity contribution in [2.75, 3.05) is 24.5 Å². The molecule has 0 bridgehead atoms. The van der Waals surface area contributed by atoms with Crippen molar-refractivity contribution >= 4 is 44.5 Å². The summed E-state index contributed by atoms with van der Waals surface area (Å²) in [6.07, 6.45) is 2.24. The lowest BCUT2D eigenvalue weighted by molar-refractivity contribution is 0.411. The second-order valence-corrected chi connectivity index (χ2v) is 7.37. The molecule has 2 aromatic rings. The number of nitrogens with one attached hydrogen (secondary N) is 1. The van der Waals surface area contributed by atoms with Gasteiger partial charge in [0.2, 0.25) is 5.95 Å². The molecule has 5 nitrogen and oxygen atoms in total. The first-order valence-electron chi connectivity index (χ1n) is 7.00. The Morgan fingerprint density at radius 3 is 2.86 bits per heavy atom. The van der Waals surface area contributed by atoms with Gasteiger partial charge in [0, 0.05) is 26.7 Å². The van der Waals surface area contributed by atoms with Gasteiger partial charge in [-0.25, -0.2) is 0 Å². The number of nitrogens with two attached hydrogens (primary N) is 1. The van der Waals surface area contributed by atoms with Gasteiger partial charge in [-0.15, -0.1) is 5.10 Å². The molecule has 0 amide bonds. The largest absolute Gasteiger partial charge is 0.340 e. The maximum Gasteiger partial charge on any atom is 0.245 e. The first-order valence-corrected chi connectivity index (χ1v) is 8.87. The van der Waals surface area contributed by atoms with Crippen molar-refractivity contribution < 1.29 is 0 Å². The summed E-state index contributed by atoms with van der Waals surface area (Å²) in [6, 6.07) is 6.19. The number of aromatic amines is 1.